The van der Waals surface area contributed by atoms with E-state index in [2.05, 4.69) is 0 Å². The van der Waals surface area contributed by atoms with E-state index in [9.17, 15) is 4.39 Å². The van der Waals surface area contributed by atoms with E-state index in [-0.39, 0.29) is 18.1 Å². The topological polar surface area (TPSA) is 44.5 Å². The molecule has 0 radical (unpaired) electrons. The van der Waals surface area contributed by atoms with Crippen LogP contribution in [0.2, 0.25) is 0 Å². The van der Waals surface area contributed by atoms with Crippen LogP contribution in [0.25, 0.3) is 0 Å². The quantitative estimate of drug-likeness (QED) is 0.699. The number of methoxy groups -OCH3 is 2. The molecule has 1 aliphatic carbocycles. The maximum Gasteiger partial charge on any atom is 0.131 e. The molecule has 2 N–H and O–H groups in total. The Kier molecular flexibility index (Phi) is 3.64. The average molecular weight is 191 g/mol. The van der Waals surface area contributed by atoms with E-state index in [1.807, 2.05) is 6.92 Å². The molecule has 78 valence electrons. The predicted molar refractivity (Wildman–Crippen MR) is 48.2 cm³/mol. The molecule has 4 heteroatoms. The van der Waals surface area contributed by atoms with Gasteiger partial charge in [0, 0.05) is 20.3 Å². The van der Waals surface area contributed by atoms with Crippen molar-refractivity contribution in [2.24, 2.45) is 11.7 Å². The van der Waals surface area contributed by atoms with E-state index in [4.69, 9.17) is 15.2 Å². The maximum absolute atomic E-state index is 13.6. The molecule has 3 nitrogen and oxygen atoms in total. The van der Waals surface area contributed by atoms with Gasteiger partial charge in [0.1, 0.15) is 18.4 Å². The summed E-state index contributed by atoms with van der Waals surface area (Å²) in [4.78, 5) is 0. The molecule has 13 heavy (non-hydrogen) atoms. The zero-order valence-corrected chi connectivity index (χ0v) is 8.37. The molecule has 0 heterocycles. The summed E-state index contributed by atoms with van der Waals surface area (Å²) >= 11 is 0. The van der Waals surface area contributed by atoms with Gasteiger partial charge in [0.15, 0.2) is 0 Å². The van der Waals surface area contributed by atoms with Gasteiger partial charge >= 0.3 is 0 Å². The van der Waals surface area contributed by atoms with Crippen LogP contribution >= 0.6 is 0 Å². The molecule has 0 amide bonds. The molecule has 1 aliphatic rings. The first-order valence-electron chi connectivity index (χ1n) is 4.57. The lowest BCUT2D eigenvalue weighted by atomic mass is 9.81. The van der Waals surface area contributed by atoms with Crippen LogP contribution in [0.5, 0.6) is 0 Å². The summed E-state index contributed by atoms with van der Waals surface area (Å²) in [6, 6.07) is -0.128. The van der Waals surface area contributed by atoms with E-state index in [0.717, 1.165) is 0 Å². The molecule has 0 saturated heterocycles. The van der Waals surface area contributed by atoms with E-state index in [1.165, 1.54) is 7.11 Å². The normalized spacial score (nSPS) is 46.4. The van der Waals surface area contributed by atoms with Crippen LogP contribution in [-0.4, -0.2) is 38.6 Å². The lowest BCUT2D eigenvalue weighted by Crippen LogP contribution is -2.56. The predicted octanol–water partition coefficient (Wildman–Crippen LogP) is 0.722. The Morgan fingerprint density at radius 3 is 2.23 bits per heavy atom. The second-order valence-electron chi connectivity index (χ2n) is 3.72. The molecule has 5 atom stereocenters. The van der Waals surface area contributed by atoms with Crippen LogP contribution in [0.15, 0.2) is 0 Å². The molecule has 0 aromatic rings. The van der Waals surface area contributed by atoms with Crippen LogP contribution in [0.3, 0.4) is 0 Å². The minimum atomic E-state index is -0.977. The van der Waals surface area contributed by atoms with Gasteiger partial charge in [0.25, 0.3) is 0 Å². The molecule has 0 spiro atoms. The largest absolute Gasteiger partial charge is 0.377 e. The van der Waals surface area contributed by atoms with Crippen molar-refractivity contribution in [3.05, 3.63) is 0 Å². The minimum Gasteiger partial charge on any atom is -0.377 e. The number of ether oxygens (including phenoxy) is 2. The molecular formula is C9H18FNO2. The van der Waals surface area contributed by atoms with E-state index >= 15 is 0 Å². The molecule has 0 bridgehead atoms. The van der Waals surface area contributed by atoms with Gasteiger partial charge in [-0.15, -0.1) is 0 Å². The van der Waals surface area contributed by atoms with Crippen LogP contribution < -0.4 is 5.73 Å². The zero-order valence-electron chi connectivity index (χ0n) is 8.37. The number of hydrogen-bond donors (Lipinski definition) is 1. The van der Waals surface area contributed by atoms with Gasteiger partial charge in [0.05, 0.1) is 0 Å². The third kappa shape index (κ3) is 2.00. The second kappa shape index (κ2) is 4.35. The van der Waals surface area contributed by atoms with Crippen molar-refractivity contribution in [3.63, 3.8) is 0 Å². The number of nitrogens with two attached hydrogens (primary N) is 1. The Hall–Kier alpha value is -0.190. The smallest absolute Gasteiger partial charge is 0.131 e. The Morgan fingerprint density at radius 1 is 1.23 bits per heavy atom. The summed E-state index contributed by atoms with van der Waals surface area (Å²) in [7, 11) is 3.04. The Balaban J connectivity index is 2.71. The highest BCUT2D eigenvalue weighted by atomic mass is 19.1. The van der Waals surface area contributed by atoms with Gasteiger partial charge in [-0.25, -0.2) is 4.39 Å². The third-order valence-electron chi connectivity index (χ3n) is 2.79. The lowest BCUT2D eigenvalue weighted by Gasteiger charge is -2.39. The van der Waals surface area contributed by atoms with Gasteiger partial charge < -0.3 is 15.2 Å². The summed E-state index contributed by atoms with van der Waals surface area (Å²) in [6.07, 6.45) is -1.17. The van der Waals surface area contributed by atoms with Crippen molar-refractivity contribution < 1.29 is 13.9 Å². The highest BCUT2D eigenvalue weighted by Gasteiger charge is 2.42. The van der Waals surface area contributed by atoms with Crippen LogP contribution in [0.1, 0.15) is 13.3 Å². The summed E-state index contributed by atoms with van der Waals surface area (Å²) in [5.41, 5.74) is 5.84. The molecule has 0 unspecified atom stereocenters. The minimum absolute atomic E-state index is 0.0497. The van der Waals surface area contributed by atoms with Gasteiger partial charge in [-0.05, 0) is 12.3 Å². The Morgan fingerprint density at radius 2 is 1.77 bits per heavy atom. The fourth-order valence-corrected chi connectivity index (χ4v) is 2.02. The van der Waals surface area contributed by atoms with Crippen molar-refractivity contribution in [2.75, 3.05) is 14.2 Å². The second-order valence-corrected chi connectivity index (χ2v) is 3.72. The fourth-order valence-electron chi connectivity index (χ4n) is 2.02. The van der Waals surface area contributed by atoms with Crippen molar-refractivity contribution in [2.45, 2.75) is 37.8 Å². The van der Waals surface area contributed by atoms with Crippen molar-refractivity contribution in [1.82, 2.24) is 0 Å². The third-order valence-corrected chi connectivity index (χ3v) is 2.79. The number of halogens is 1. The van der Waals surface area contributed by atoms with E-state index < -0.39 is 12.3 Å². The monoisotopic (exact) mass is 191 g/mol. The SMILES string of the molecule is CO[C@@H]1[C@@H](F)[C@H](C)C[C@H](N)[C@H]1OC. The highest BCUT2D eigenvalue weighted by molar-refractivity contribution is 4.95. The molecule has 1 rings (SSSR count). The first kappa shape index (κ1) is 10.9. The fraction of sp³-hybridized carbons (Fsp3) is 1.00. The molecule has 0 aliphatic heterocycles. The Labute approximate surface area is 78.4 Å². The van der Waals surface area contributed by atoms with Gasteiger partial charge in [-0.3, -0.25) is 0 Å². The molecular weight excluding hydrogens is 173 g/mol. The van der Waals surface area contributed by atoms with E-state index in [0.29, 0.717) is 6.42 Å². The summed E-state index contributed by atoms with van der Waals surface area (Å²) < 4.78 is 23.8. The first-order chi connectivity index (χ1) is 6.11. The van der Waals surface area contributed by atoms with Crippen LogP contribution in [0.4, 0.5) is 4.39 Å². The van der Waals surface area contributed by atoms with Gasteiger partial charge in [-0.1, -0.05) is 6.92 Å². The van der Waals surface area contributed by atoms with Crippen molar-refractivity contribution in [1.29, 1.82) is 0 Å². The first-order valence-corrected chi connectivity index (χ1v) is 4.57. The average Bonchev–Trinajstić information content (AvgIpc) is 2.10. The standard InChI is InChI=1S/C9H18FNO2/c1-5-4-6(11)8(12-2)9(13-3)7(5)10/h5-9H,4,11H2,1-3H3/t5-,6+,7+,8-,9-/m1/s1. The number of alkyl halides is 1. The summed E-state index contributed by atoms with van der Waals surface area (Å²) in [5.74, 6) is -0.0497. The maximum atomic E-state index is 13.6. The van der Waals surface area contributed by atoms with Crippen LogP contribution in [-0.2, 0) is 9.47 Å². The molecule has 0 aromatic heterocycles. The number of rotatable bonds is 2. The lowest BCUT2D eigenvalue weighted by molar-refractivity contribution is -0.118. The molecule has 1 fully saturated rings. The zero-order chi connectivity index (χ0) is 10.0. The molecule has 1 saturated carbocycles. The van der Waals surface area contributed by atoms with Crippen molar-refractivity contribution >= 4 is 0 Å². The highest BCUT2D eigenvalue weighted by Crippen LogP contribution is 2.29. The van der Waals surface area contributed by atoms with E-state index in [1.54, 1.807) is 7.11 Å². The van der Waals surface area contributed by atoms with Crippen molar-refractivity contribution in [3.8, 4) is 0 Å². The Bertz CT molecular complexity index is 168. The van der Waals surface area contributed by atoms with Gasteiger partial charge in [-0.2, -0.15) is 0 Å². The summed E-state index contributed by atoms with van der Waals surface area (Å²) in [6.45, 7) is 1.85. The van der Waals surface area contributed by atoms with Crippen LogP contribution in [0, 0.1) is 5.92 Å². The number of hydrogen-bond acceptors (Lipinski definition) is 3. The van der Waals surface area contributed by atoms with Gasteiger partial charge in [0.2, 0.25) is 0 Å². The summed E-state index contributed by atoms with van der Waals surface area (Å²) in [5, 5.41) is 0. The molecule has 0 aromatic carbocycles.